The maximum Gasteiger partial charge on any atom is 0.423 e. The van der Waals surface area contributed by atoms with Gasteiger partial charge in [0.05, 0.1) is 24.0 Å². The zero-order valence-corrected chi connectivity index (χ0v) is 18.8. The van der Waals surface area contributed by atoms with Gasteiger partial charge in [0, 0.05) is 5.39 Å². The summed E-state index contributed by atoms with van der Waals surface area (Å²) in [7, 11) is 0. The fourth-order valence-corrected chi connectivity index (χ4v) is 3.76. The minimum Gasteiger partial charge on any atom is -0.411 e. The number of fused-ring (bicyclic) bond motifs is 1. The van der Waals surface area contributed by atoms with Crippen LogP contribution in [0, 0.1) is 5.82 Å². The molecule has 2 aromatic heterocycles. The van der Waals surface area contributed by atoms with Crippen molar-refractivity contribution in [3.8, 4) is 11.1 Å². The van der Waals surface area contributed by atoms with Gasteiger partial charge in [0.15, 0.2) is 0 Å². The number of pyridine rings is 1. The van der Waals surface area contributed by atoms with Crippen molar-refractivity contribution in [2.45, 2.75) is 38.6 Å². The first kappa shape index (κ1) is 24.3. The summed E-state index contributed by atoms with van der Waals surface area (Å²) in [5.41, 5.74) is -0.341. The number of aliphatic hydroxyl groups is 1. The van der Waals surface area contributed by atoms with Crippen LogP contribution < -0.4 is 0 Å². The fraction of sp³-hybridized carbons (Fsp3) is 0.250. The second-order valence-corrected chi connectivity index (χ2v) is 8.11. The molecule has 0 aliphatic rings. The molecule has 0 saturated heterocycles. The molecule has 2 heterocycles. The van der Waals surface area contributed by atoms with Crippen molar-refractivity contribution >= 4 is 16.6 Å². The third-order valence-corrected chi connectivity index (χ3v) is 5.84. The number of aromatic nitrogens is 4. The summed E-state index contributed by atoms with van der Waals surface area (Å²) in [5, 5.41) is 30.6. The van der Waals surface area contributed by atoms with Crippen LogP contribution in [0.5, 0.6) is 0 Å². The summed E-state index contributed by atoms with van der Waals surface area (Å²) in [4.78, 5) is 4.54. The molecule has 0 saturated carbocycles. The lowest BCUT2D eigenvalue weighted by molar-refractivity contribution is -0.269. The van der Waals surface area contributed by atoms with E-state index in [9.17, 15) is 27.9 Å². The van der Waals surface area contributed by atoms with Gasteiger partial charge in [0.25, 0.3) is 0 Å². The number of hydrogen-bond acceptors (Lipinski definition) is 6. The highest BCUT2D eigenvalue weighted by Crippen LogP contribution is 2.40. The smallest absolute Gasteiger partial charge is 0.411 e. The Labute approximate surface area is 197 Å². The average Bonchev–Trinajstić information content (AvgIpc) is 3.30. The fourth-order valence-electron chi connectivity index (χ4n) is 3.76. The lowest BCUT2D eigenvalue weighted by Gasteiger charge is -2.26. The SMILES string of the molecule is CC[C@](O)(c1cn(Cc2ccc3c(-c4ccc(F)cc4)cc(/C(C)=N/O)nc3c2)nn1)C(F)(F)F. The normalized spacial score (nSPS) is 14.3. The number of hydrogen-bond donors (Lipinski definition) is 2. The largest absolute Gasteiger partial charge is 0.423 e. The maximum atomic E-state index is 13.4. The van der Waals surface area contributed by atoms with E-state index in [4.69, 9.17) is 0 Å². The predicted molar refractivity (Wildman–Crippen MR) is 121 cm³/mol. The quantitative estimate of drug-likeness (QED) is 0.172. The molecule has 1 atom stereocenters. The van der Waals surface area contributed by atoms with Gasteiger partial charge in [0.2, 0.25) is 5.60 Å². The lowest BCUT2D eigenvalue weighted by Crippen LogP contribution is -2.42. The first-order chi connectivity index (χ1) is 16.6. The second-order valence-electron chi connectivity index (χ2n) is 8.11. The monoisotopic (exact) mass is 487 g/mol. The summed E-state index contributed by atoms with van der Waals surface area (Å²) in [6.07, 6.45) is -4.43. The third-order valence-electron chi connectivity index (χ3n) is 5.84. The van der Waals surface area contributed by atoms with E-state index in [1.165, 1.54) is 23.7 Å². The number of benzene rings is 2. The second kappa shape index (κ2) is 9.06. The predicted octanol–water partition coefficient (Wildman–Crippen LogP) is 5.04. The van der Waals surface area contributed by atoms with Gasteiger partial charge in [-0.2, -0.15) is 13.2 Å². The molecule has 4 aromatic rings. The van der Waals surface area contributed by atoms with Gasteiger partial charge in [-0.1, -0.05) is 41.6 Å². The topological polar surface area (TPSA) is 96.4 Å². The molecule has 0 unspecified atom stereocenters. The van der Waals surface area contributed by atoms with E-state index in [-0.39, 0.29) is 18.1 Å². The Bertz CT molecular complexity index is 1400. The molecule has 7 nitrogen and oxygen atoms in total. The highest BCUT2D eigenvalue weighted by molar-refractivity contribution is 6.03. The standard InChI is InChI=1S/C24H21F4N5O2/c1-3-23(34,24(26,27)28)22-13-33(32-30-22)12-15-4-9-18-19(16-5-7-17(25)8-6-16)11-20(14(2)31-35)29-21(18)10-15/h4-11,13,34-35H,3,12H2,1-2H3/b31-14+/t23-/m0/s1. The van der Waals surface area contributed by atoms with Crippen molar-refractivity contribution in [3.05, 3.63) is 77.5 Å². The van der Waals surface area contributed by atoms with Crippen LogP contribution in [0.3, 0.4) is 0 Å². The van der Waals surface area contributed by atoms with Gasteiger partial charge < -0.3 is 10.3 Å². The summed E-state index contributed by atoms with van der Waals surface area (Å²) >= 11 is 0. The minimum atomic E-state index is -4.89. The Morgan fingerprint density at radius 3 is 2.43 bits per heavy atom. The van der Waals surface area contributed by atoms with Crippen LogP contribution in [0.1, 0.15) is 37.2 Å². The van der Waals surface area contributed by atoms with Crippen LogP contribution >= 0.6 is 0 Å². The van der Waals surface area contributed by atoms with Crippen molar-refractivity contribution in [3.63, 3.8) is 0 Å². The van der Waals surface area contributed by atoms with Crippen LogP contribution in [0.2, 0.25) is 0 Å². The summed E-state index contributed by atoms with van der Waals surface area (Å²) in [6, 6.07) is 12.9. The number of oxime groups is 1. The highest BCUT2D eigenvalue weighted by Gasteiger charge is 2.55. The van der Waals surface area contributed by atoms with E-state index in [1.54, 1.807) is 43.3 Å². The zero-order valence-electron chi connectivity index (χ0n) is 18.8. The summed E-state index contributed by atoms with van der Waals surface area (Å²) in [5.74, 6) is -0.379. The molecular weight excluding hydrogens is 466 g/mol. The molecule has 0 aliphatic carbocycles. The van der Waals surface area contributed by atoms with E-state index in [2.05, 4.69) is 20.5 Å². The van der Waals surface area contributed by atoms with Crippen molar-refractivity contribution in [1.82, 2.24) is 20.0 Å². The summed E-state index contributed by atoms with van der Waals surface area (Å²) in [6.45, 7) is 2.87. The van der Waals surface area contributed by atoms with Crippen molar-refractivity contribution in [1.29, 1.82) is 0 Å². The summed E-state index contributed by atoms with van der Waals surface area (Å²) < 4.78 is 54.7. The molecule has 0 spiro atoms. The Morgan fingerprint density at radius 1 is 1.09 bits per heavy atom. The van der Waals surface area contributed by atoms with E-state index in [0.717, 1.165) is 22.7 Å². The molecule has 11 heteroatoms. The molecular formula is C24H21F4N5O2. The van der Waals surface area contributed by atoms with E-state index < -0.39 is 23.9 Å². The lowest BCUT2D eigenvalue weighted by atomic mass is 9.96. The molecule has 0 aliphatic heterocycles. The van der Waals surface area contributed by atoms with Crippen LogP contribution in [0.4, 0.5) is 17.6 Å². The van der Waals surface area contributed by atoms with Crippen LogP contribution in [-0.4, -0.2) is 42.2 Å². The Hall–Kier alpha value is -3.86. The van der Waals surface area contributed by atoms with Gasteiger partial charge in [-0.25, -0.2) is 14.1 Å². The number of nitrogens with zero attached hydrogens (tertiary/aromatic N) is 5. The van der Waals surface area contributed by atoms with Gasteiger partial charge in [-0.3, -0.25) is 0 Å². The Kier molecular flexibility index (Phi) is 6.28. The van der Waals surface area contributed by atoms with E-state index in [0.29, 0.717) is 16.8 Å². The van der Waals surface area contributed by atoms with Gasteiger partial charge in [-0.15, -0.1) is 5.10 Å². The molecule has 0 bridgehead atoms. The van der Waals surface area contributed by atoms with E-state index in [1.807, 2.05) is 0 Å². The van der Waals surface area contributed by atoms with Crippen molar-refractivity contribution < 1.29 is 27.9 Å². The molecule has 0 fully saturated rings. The Balaban J connectivity index is 1.75. The molecule has 182 valence electrons. The average molecular weight is 487 g/mol. The van der Waals surface area contributed by atoms with Gasteiger partial charge in [0.1, 0.15) is 17.2 Å². The highest BCUT2D eigenvalue weighted by atomic mass is 19.4. The zero-order chi connectivity index (χ0) is 25.4. The van der Waals surface area contributed by atoms with Crippen molar-refractivity contribution in [2.24, 2.45) is 5.16 Å². The molecule has 2 aromatic carbocycles. The Morgan fingerprint density at radius 2 is 1.80 bits per heavy atom. The molecule has 0 amide bonds. The minimum absolute atomic E-state index is 0.0749. The first-order valence-corrected chi connectivity index (χ1v) is 10.6. The van der Waals surface area contributed by atoms with Gasteiger partial charge in [-0.05, 0) is 54.3 Å². The van der Waals surface area contributed by atoms with E-state index >= 15 is 0 Å². The van der Waals surface area contributed by atoms with Crippen molar-refractivity contribution in [2.75, 3.05) is 0 Å². The first-order valence-electron chi connectivity index (χ1n) is 10.6. The van der Waals surface area contributed by atoms with Crippen LogP contribution in [0.25, 0.3) is 22.0 Å². The number of alkyl halides is 3. The van der Waals surface area contributed by atoms with Crippen LogP contribution in [-0.2, 0) is 12.1 Å². The van der Waals surface area contributed by atoms with Crippen LogP contribution in [0.15, 0.2) is 59.9 Å². The number of rotatable bonds is 6. The molecule has 0 radical (unpaired) electrons. The third kappa shape index (κ3) is 4.59. The maximum absolute atomic E-state index is 13.4. The molecule has 4 rings (SSSR count). The van der Waals surface area contributed by atoms with Gasteiger partial charge >= 0.3 is 6.18 Å². The number of halogens is 4. The molecule has 35 heavy (non-hydrogen) atoms. The molecule has 2 N–H and O–H groups in total.